The van der Waals surface area contributed by atoms with E-state index in [1.54, 1.807) is 7.11 Å². The van der Waals surface area contributed by atoms with Gasteiger partial charge in [0.15, 0.2) is 11.0 Å². The van der Waals surface area contributed by atoms with Gasteiger partial charge in [-0.3, -0.25) is 0 Å². The van der Waals surface area contributed by atoms with Crippen LogP contribution in [-0.4, -0.2) is 40.2 Å². The van der Waals surface area contributed by atoms with E-state index in [-0.39, 0.29) is 12.6 Å². The highest BCUT2D eigenvalue weighted by Crippen LogP contribution is 2.18. The summed E-state index contributed by atoms with van der Waals surface area (Å²) < 4.78 is 12.6. The Kier molecular flexibility index (Phi) is 4.37. The molecule has 0 aromatic carbocycles. The van der Waals surface area contributed by atoms with Crippen molar-refractivity contribution >= 4 is 29.1 Å². The van der Waals surface area contributed by atoms with Crippen molar-refractivity contribution < 1.29 is 9.84 Å². The van der Waals surface area contributed by atoms with Gasteiger partial charge in [0.25, 0.3) is 0 Å². The van der Waals surface area contributed by atoms with Crippen molar-refractivity contribution in [2.24, 2.45) is 0 Å². The van der Waals surface area contributed by atoms with Gasteiger partial charge < -0.3 is 15.2 Å². The van der Waals surface area contributed by atoms with Crippen LogP contribution in [0, 0.1) is 0 Å². The van der Waals surface area contributed by atoms with Crippen LogP contribution in [0.1, 0.15) is 0 Å². The molecule has 0 radical (unpaired) electrons. The lowest BCUT2D eigenvalue weighted by atomic mass is 10.3. The summed E-state index contributed by atoms with van der Waals surface area (Å²) in [6.07, 6.45) is 0. The Morgan fingerprint density at radius 1 is 1.69 bits per heavy atom. The fraction of sp³-hybridized carbons (Fsp3) is 0.667. The molecule has 0 bridgehead atoms. The molecule has 1 atom stereocenters. The first kappa shape index (κ1) is 10.6. The van der Waals surface area contributed by atoms with Crippen molar-refractivity contribution in [1.29, 1.82) is 0 Å². The van der Waals surface area contributed by atoms with E-state index in [1.807, 2.05) is 0 Å². The van der Waals surface area contributed by atoms with Gasteiger partial charge in [0.05, 0.1) is 31.0 Å². The summed E-state index contributed by atoms with van der Waals surface area (Å²) in [5.74, 6) is 0.489. The number of methoxy groups -OCH3 is 1. The van der Waals surface area contributed by atoms with Gasteiger partial charge in [0.1, 0.15) is 0 Å². The van der Waals surface area contributed by atoms with Crippen LogP contribution in [0.25, 0.3) is 0 Å². The van der Waals surface area contributed by atoms with Crippen molar-refractivity contribution in [3.05, 3.63) is 5.15 Å². The van der Waals surface area contributed by atoms with Gasteiger partial charge in [-0.15, -0.1) is 0 Å². The maximum Gasteiger partial charge on any atom is 0.186 e. The predicted molar refractivity (Wildman–Crippen MR) is 51.3 cm³/mol. The minimum Gasteiger partial charge on any atom is -0.394 e. The molecule has 13 heavy (non-hydrogen) atoms. The van der Waals surface area contributed by atoms with Crippen molar-refractivity contribution in [2.75, 3.05) is 25.6 Å². The lowest BCUT2D eigenvalue weighted by Gasteiger charge is -2.13. The molecule has 2 N–H and O–H groups in total. The highest BCUT2D eigenvalue weighted by Gasteiger charge is 2.11. The first-order chi connectivity index (χ1) is 6.27. The zero-order valence-electron chi connectivity index (χ0n) is 7.03. The molecular formula is C6H10ClN3O2S. The fourth-order valence-electron chi connectivity index (χ4n) is 0.798. The number of nitrogens with zero attached hydrogens (tertiary/aromatic N) is 2. The van der Waals surface area contributed by atoms with E-state index in [9.17, 15) is 0 Å². The summed E-state index contributed by atoms with van der Waals surface area (Å²) in [5.41, 5.74) is 0. The topological polar surface area (TPSA) is 67.3 Å². The number of aliphatic hydroxyl groups is 1. The van der Waals surface area contributed by atoms with Crippen LogP contribution in [0.5, 0.6) is 0 Å². The molecule has 0 aliphatic rings. The summed E-state index contributed by atoms with van der Waals surface area (Å²) in [5, 5.41) is 12.1. The summed E-state index contributed by atoms with van der Waals surface area (Å²) in [6, 6.07) is -0.202. The first-order valence-electron chi connectivity index (χ1n) is 3.62. The third-order valence-corrected chi connectivity index (χ3v) is 2.27. The maximum absolute atomic E-state index is 8.92. The number of aliphatic hydroxyl groups excluding tert-OH is 1. The van der Waals surface area contributed by atoms with Crippen LogP contribution in [0.3, 0.4) is 0 Å². The van der Waals surface area contributed by atoms with E-state index in [0.717, 1.165) is 11.7 Å². The number of anilines is 1. The standard InChI is InChI=1S/C6H10ClN3O2S/c1-12-3-4(2-11)8-6-5(7)9-13-10-6/h4,11H,2-3H2,1H3,(H,8,10). The summed E-state index contributed by atoms with van der Waals surface area (Å²) >= 11 is 6.71. The summed E-state index contributed by atoms with van der Waals surface area (Å²) in [7, 11) is 1.56. The van der Waals surface area contributed by atoms with E-state index in [1.165, 1.54) is 0 Å². The monoisotopic (exact) mass is 223 g/mol. The van der Waals surface area contributed by atoms with E-state index in [4.69, 9.17) is 21.4 Å². The molecule has 1 aromatic rings. The molecule has 0 fully saturated rings. The maximum atomic E-state index is 8.92. The summed E-state index contributed by atoms with van der Waals surface area (Å²) in [4.78, 5) is 0. The molecule has 0 amide bonds. The first-order valence-corrected chi connectivity index (χ1v) is 4.73. The molecule has 0 saturated heterocycles. The van der Waals surface area contributed by atoms with E-state index >= 15 is 0 Å². The number of aromatic nitrogens is 2. The van der Waals surface area contributed by atoms with E-state index < -0.39 is 0 Å². The van der Waals surface area contributed by atoms with Crippen molar-refractivity contribution in [3.8, 4) is 0 Å². The van der Waals surface area contributed by atoms with Crippen LogP contribution in [0.15, 0.2) is 0 Å². The number of halogens is 1. The molecule has 1 aromatic heterocycles. The van der Waals surface area contributed by atoms with E-state index in [0.29, 0.717) is 17.6 Å². The highest BCUT2D eigenvalue weighted by atomic mass is 35.5. The molecule has 74 valence electrons. The largest absolute Gasteiger partial charge is 0.394 e. The van der Waals surface area contributed by atoms with Gasteiger partial charge in [0, 0.05) is 7.11 Å². The van der Waals surface area contributed by atoms with Crippen LogP contribution < -0.4 is 5.32 Å². The van der Waals surface area contributed by atoms with Gasteiger partial charge in [-0.05, 0) is 0 Å². The molecule has 1 unspecified atom stereocenters. The quantitative estimate of drug-likeness (QED) is 0.766. The molecule has 1 rings (SSSR count). The lowest BCUT2D eigenvalue weighted by Crippen LogP contribution is -2.28. The average Bonchev–Trinajstić information content (AvgIpc) is 2.51. The second kappa shape index (κ2) is 5.33. The Labute approximate surface area is 85.0 Å². The predicted octanol–water partition coefficient (Wildman–Crippen LogP) is 0.611. The third-order valence-electron chi connectivity index (χ3n) is 1.38. The molecule has 1 heterocycles. The molecule has 0 aliphatic heterocycles. The number of rotatable bonds is 5. The normalized spacial score (nSPS) is 12.8. The van der Waals surface area contributed by atoms with Crippen molar-refractivity contribution in [2.45, 2.75) is 6.04 Å². The Morgan fingerprint density at radius 2 is 2.46 bits per heavy atom. The minimum absolute atomic E-state index is 0.0400. The smallest absolute Gasteiger partial charge is 0.186 e. The Morgan fingerprint density at radius 3 is 2.92 bits per heavy atom. The number of ether oxygens (including phenoxy) is 1. The Bertz CT molecular complexity index is 258. The van der Waals surface area contributed by atoms with Crippen LogP contribution in [-0.2, 0) is 4.74 Å². The fourth-order valence-corrected chi connectivity index (χ4v) is 1.46. The zero-order chi connectivity index (χ0) is 9.68. The molecule has 5 nitrogen and oxygen atoms in total. The third kappa shape index (κ3) is 3.07. The zero-order valence-corrected chi connectivity index (χ0v) is 8.60. The SMILES string of the molecule is COCC(CO)Nc1nsnc1Cl. The van der Waals surface area contributed by atoms with Crippen LogP contribution >= 0.6 is 23.3 Å². The molecule has 7 heteroatoms. The molecular weight excluding hydrogens is 214 g/mol. The Hall–Kier alpha value is -0.430. The second-order valence-electron chi connectivity index (χ2n) is 2.38. The minimum atomic E-state index is -0.202. The van der Waals surface area contributed by atoms with Gasteiger partial charge in [-0.2, -0.15) is 8.75 Å². The highest BCUT2D eigenvalue weighted by molar-refractivity contribution is 6.99. The summed E-state index contributed by atoms with van der Waals surface area (Å²) in [6.45, 7) is 0.353. The van der Waals surface area contributed by atoms with Gasteiger partial charge >= 0.3 is 0 Å². The number of hydrogen-bond donors (Lipinski definition) is 2. The molecule has 0 saturated carbocycles. The van der Waals surface area contributed by atoms with Crippen molar-refractivity contribution in [1.82, 2.24) is 8.75 Å². The van der Waals surface area contributed by atoms with Gasteiger partial charge in [-0.1, -0.05) is 11.6 Å². The second-order valence-corrected chi connectivity index (χ2v) is 3.27. The lowest BCUT2D eigenvalue weighted by molar-refractivity contribution is 0.153. The number of hydrogen-bond acceptors (Lipinski definition) is 6. The molecule has 0 spiro atoms. The van der Waals surface area contributed by atoms with Crippen LogP contribution in [0.4, 0.5) is 5.82 Å². The Balaban J connectivity index is 2.51. The van der Waals surface area contributed by atoms with E-state index in [2.05, 4.69) is 14.1 Å². The van der Waals surface area contributed by atoms with Gasteiger partial charge in [-0.25, -0.2) is 0 Å². The van der Waals surface area contributed by atoms with Crippen molar-refractivity contribution in [3.63, 3.8) is 0 Å². The molecule has 0 aliphatic carbocycles. The van der Waals surface area contributed by atoms with Crippen LogP contribution in [0.2, 0.25) is 5.15 Å². The number of nitrogens with one attached hydrogen (secondary N) is 1. The van der Waals surface area contributed by atoms with Gasteiger partial charge in [0.2, 0.25) is 0 Å². The average molecular weight is 224 g/mol.